The number of Topliss-reactive ketones (excluding diaryl/α,β-unsaturated/α-hetero) is 1. The lowest BCUT2D eigenvalue weighted by molar-refractivity contribution is -0.123. The van der Waals surface area contributed by atoms with Gasteiger partial charge in [-0.05, 0) is 55.8 Å². The number of aryl methyl sites for hydroxylation is 2. The third-order valence-electron chi connectivity index (χ3n) is 8.43. The molecular weight excluding hydrogens is 552 g/mol. The largest absolute Gasteiger partial charge is 0.449 e. The van der Waals surface area contributed by atoms with Crippen LogP contribution in [0, 0.1) is 29.6 Å². The van der Waals surface area contributed by atoms with E-state index in [1.807, 2.05) is 13.8 Å². The predicted molar refractivity (Wildman–Crippen MR) is 165 cm³/mol. The molecule has 43 heavy (non-hydrogen) atoms. The highest BCUT2D eigenvalue weighted by Gasteiger charge is 2.50. The zero-order valence-corrected chi connectivity index (χ0v) is 27.0. The lowest BCUT2D eigenvalue weighted by Crippen LogP contribution is -2.29. The molecule has 2 aliphatic carbocycles. The molecule has 1 saturated carbocycles. The van der Waals surface area contributed by atoms with Crippen molar-refractivity contribution < 1.29 is 34.7 Å². The van der Waals surface area contributed by atoms with E-state index in [4.69, 9.17) is 23.7 Å². The minimum absolute atomic E-state index is 0. The Balaban J connectivity index is 0.00000675. The van der Waals surface area contributed by atoms with Crippen molar-refractivity contribution in [1.29, 1.82) is 0 Å². The summed E-state index contributed by atoms with van der Waals surface area (Å²) in [6, 6.07) is 0. The maximum atomic E-state index is 12.2. The van der Waals surface area contributed by atoms with Crippen LogP contribution < -0.4 is 5.32 Å². The number of hydrogen-bond donors (Lipinski definition) is 1. The fraction of sp³-hybridized carbons (Fsp3) is 0.875. The molecule has 1 heterocycles. The van der Waals surface area contributed by atoms with Gasteiger partial charge in [-0.3, -0.25) is 4.79 Å². The maximum Gasteiger partial charge on any atom is 0.407 e. The van der Waals surface area contributed by atoms with Gasteiger partial charge >= 0.3 is 6.09 Å². The monoisotopic (exact) mass is 610 g/mol. The van der Waals surface area contributed by atoms with Crippen molar-refractivity contribution in [2.75, 3.05) is 66.0 Å². The topological polar surface area (TPSA) is 123 Å². The zero-order chi connectivity index (χ0) is 30.9. The Bertz CT molecular complexity index is 946. The van der Waals surface area contributed by atoms with Crippen LogP contribution in [-0.4, -0.2) is 92.9 Å². The molecule has 248 valence electrons. The fourth-order valence-electron chi connectivity index (χ4n) is 5.74. The summed E-state index contributed by atoms with van der Waals surface area (Å²) < 4.78 is 29.5. The second-order valence-electron chi connectivity index (χ2n) is 12.5. The van der Waals surface area contributed by atoms with Crippen LogP contribution in [0.25, 0.3) is 0 Å². The number of ketones is 1. The molecule has 3 atom stereocenters. The first-order valence-electron chi connectivity index (χ1n) is 16.5. The molecule has 1 amide bonds. The van der Waals surface area contributed by atoms with Gasteiger partial charge in [0.25, 0.3) is 0 Å². The van der Waals surface area contributed by atoms with Crippen LogP contribution in [0.15, 0.2) is 0 Å². The molecule has 11 heteroatoms. The number of aromatic nitrogens is 3. The third kappa shape index (κ3) is 13.6. The van der Waals surface area contributed by atoms with Gasteiger partial charge in [-0.15, -0.1) is 5.10 Å². The summed E-state index contributed by atoms with van der Waals surface area (Å²) >= 11 is 0. The lowest BCUT2D eigenvalue weighted by Gasteiger charge is -2.11. The second-order valence-corrected chi connectivity index (χ2v) is 12.5. The van der Waals surface area contributed by atoms with E-state index in [1.165, 1.54) is 24.2 Å². The van der Waals surface area contributed by atoms with E-state index in [9.17, 15) is 9.59 Å². The van der Waals surface area contributed by atoms with Crippen LogP contribution in [0.5, 0.6) is 0 Å². The SMILES string of the molecule is CC(C)CCCCn1nnc2c1CC[C@@H]1[C@H](CC2)[C@@H]1COC(=O)NCCOCCOCCOCCOCCC(=O)C(C)C.[HH]. The number of fused-ring (bicyclic) bond motifs is 2. The Morgan fingerprint density at radius 1 is 0.884 bits per heavy atom. The van der Waals surface area contributed by atoms with E-state index in [-0.39, 0.29) is 19.2 Å². The fourth-order valence-corrected chi connectivity index (χ4v) is 5.74. The van der Waals surface area contributed by atoms with Crippen LogP contribution in [0.2, 0.25) is 0 Å². The second kappa shape index (κ2) is 20.0. The highest BCUT2D eigenvalue weighted by molar-refractivity contribution is 5.80. The molecule has 1 fully saturated rings. The van der Waals surface area contributed by atoms with Gasteiger partial charge in [-0.25, -0.2) is 9.48 Å². The summed E-state index contributed by atoms with van der Waals surface area (Å²) in [5.41, 5.74) is 2.49. The Morgan fingerprint density at radius 3 is 2.16 bits per heavy atom. The van der Waals surface area contributed by atoms with Crippen LogP contribution in [0.1, 0.15) is 79.0 Å². The van der Waals surface area contributed by atoms with E-state index >= 15 is 0 Å². The van der Waals surface area contributed by atoms with Crippen molar-refractivity contribution in [2.24, 2.45) is 29.6 Å². The van der Waals surface area contributed by atoms with Crippen LogP contribution >= 0.6 is 0 Å². The van der Waals surface area contributed by atoms with Gasteiger partial charge in [0.15, 0.2) is 0 Å². The smallest absolute Gasteiger partial charge is 0.407 e. The molecule has 2 aliphatic rings. The van der Waals surface area contributed by atoms with E-state index in [0.717, 1.165) is 44.6 Å². The third-order valence-corrected chi connectivity index (χ3v) is 8.43. The number of nitrogens with one attached hydrogen (secondary N) is 1. The number of alkyl carbamates (subject to hydrolysis) is 1. The van der Waals surface area contributed by atoms with Crippen molar-refractivity contribution in [1.82, 2.24) is 20.3 Å². The quantitative estimate of drug-likeness (QED) is 0.178. The standard InChI is InChI=1S/C32H56N4O7.H2/c1-24(2)7-5-6-14-36-30-11-9-27-26(8-10-29(30)34-35-36)28(27)23-43-32(38)33-13-16-40-18-20-42-22-21-41-19-17-39-15-12-31(37)25(3)4;/h24-28H,5-23H2,1-4H3,(H,33,38);1H/t26-,27+,28-;/m0./s1. The van der Waals surface area contributed by atoms with Crippen LogP contribution in [-0.2, 0) is 47.9 Å². The maximum absolute atomic E-state index is 12.2. The molecule has 0 aromatic carbocycles. The zero-order valence-electron chi connectivity index (χ0n) is 27.0. The summed E-state index contributed by atoms with van der Waals surface area (Å²) in [6.07, 6.45) is 7.92. The van der Waals surface area contributed by atoms with Crippen molar-refractivity contribution in [3.8, 4) is 0 Å². The lowest BCUT2D eigenvalue weighted by atomic mass is 10.0. The van der Waals surface area contributed by atoms with Crippen LogP contribution in [0.3, 0.4) is 0 Å². The number of nitrogens with zero attached hydrogens (tertiary/aromatic N) is 3. The van der Waals surface area contributed by atoms with Crippen molar-refractivity contribution in [3.05, 3.63) is 11.4 Å². The predicted octanol–water partition coefficient (Wildman–Crippen LogP) is 4.50. The van der Waals surface area contributed by atoms with Gasteiger partial charge in [0.1, 0.15) is 5.78 Å². The molecule has 0 radical (unpaired) electrons. The Morgan fingerprint density at radius 2 is 1.51 bits per heavy atom. The first kappa shape index (κ1) is 35.4. The molecule has 11 nitrogen and oxygen atoms in total. The van der Waals surface area contributed by atoms with Gasteiger partial charge in [-0.2, -0.15) is 0 Å². The molecule has 0 unspecified atom stereocenters. The van der Waals surface area contributed by atoms with Crippen molar-refractivity contribution in [3.63, 3.8) is 0 Å². The summed E-state index contributed by atoms with van der Waals surface area (Å²) in [5, 5.41) is 11.7. The molecule has 0 spiro atoms. The van der Waals surface area contributed by atoms with E-state index in [1.54, 1.807) is 0 Å². The molecule has 0 saturated heterocycles. The van der Waals surface area contributed by atoms with E-state index < -0.39 is 0 Å². The molecule has 1 aromatic rings. The van der Waals surface area contributed by atoms with Crippen molar-refractivity contribution in [2.45, 2.75) is 85.6 Å². The van der Waals surface area contributed by atoms with Crippen molar-refractivity contribution >= 4 is 11.9 Å². The Kier molecular flexibility index (Phi) is 16.5. The molecule has 1 N–H and O–H groups in total. The van der Waals surface area contributed by atoms with Crippen LogP contribution in [0.4, 0.5) is 4.79 Å². The number of unbranched alkanes of at least 4 members (excludes halogenated alkanes) is 1. The number of amides is 1. The minimum atomic E-state index is -0.381. The number of ether oxygens (including phenoxy) is 5. The average Bonchev–Trinajstić information content (AvgIpc) is 3.48. The summed E-state index contributed by atoms with van der Waals surface area (Å²) in [6.45, 7) is 13.8. The average molecular weight is 611 g/mol. The number of carbonyl (C=O) groups is 2. The normalized spacial score (nSPS) is 19.5. The Labute approximate surface area is 259 Å². The minimum Gasteiger partial charge on any atom is -0.449 e. The Hall–Kier alpha value is -2.08. The first-order valence-corrected chi connectivity index (χ1v) is 16.5. The summed E-state index contributed by atoms with van der Waals surface area (Å²) in [7, 11) is 0. The van der Waals surface area contributed by atoms with Gasteiger partial charge in [-0.1, -0.05) is 45.7 Å². The summed E-state index contributed by atoms with van der Waals surface area (Å²) in [4.78, 5) is 23.7. The van der Waals surface area contributed by atoms with Gasteiger partial charge < -0.3 is 29.0 Å². The number of rotatable bonds is 23. The van der Waals surface area contributed by atoms with Gasteiger partial charge in [0.05, 0.1) is 70.8 Å². The molecule has 1 aromatic heterocycles. The first-order chi connectivity index (χ1) is 20.9. The molecule has 0 aliphatic heterocycles. The van der Waals surface area contributed by atoms with E-state index in [2.05, 4.69) is 34.2 Å². The number of carbonyl (C=O) groups excluding carboxylic acids is 2. The highest BCUT2D eigenvalue weighted by atomic mass is 16.6. The summed E-state index contributed by atoms with van der Waals surface area (Å²) in [5.74, 6) is 2.71. The molecular formula is C32H58N4O7. The van der Waals surface area contributed by atoms with Gasteiger partial charge in [0.2, 0.25) is 0 Å². The van der Waals surface area contributed by atoms with Gasteiger partial charge in [0, 0.05) is 26.9 Å². The highest BCUT2D eigenvalue weighted by Crippen LogP contribution is 2.52. The molecule has 0 bridgehead atoms. The molecule has 3 rings (SSSR count). The van der Waals surface area contributed by atoms with E-state index in [0.29, 0.717) is 90.2 Å². The number of hydrogen-bond acceptors (Lipinski definition) is 9.